The van der Waals surface area contributed by atoms with Crippen molar-refractivity contribution in [1.29, 1.82) is 0 Å². The molecule has 0 saturated carbocycles. The van der Waals surface area contributed by atoms with Gasteiger partial charge in [-0.25, -0.2) is 0 Å². The van der Waals surface area contributed by atoms with E-state index in [0.29, 0.717) is 6.10 Å². The fourth-order valence-corrected chi connectivity index (χ4v) is 1.02. The van der Waals surface area contributed by atoms with Crippen molar-refractivity contribution in [2.24, 2.45) is 0 Å². The van der Waals surface area contributed by atoms with Gasteiger partial charge in [0, 0.05) is 13.1 Å². The van der Waals surface area contributed by atoms with Crippen LogP contribution in [0.2, 0.25) is 0 Å². The van der Waals surface area contributed by atoms with E-state index < -0.39 is 0 Å². The van der Waals surface area contributed by atoms with E-state index >= 15 is 0 Å². The van der Waals surface area contributed by atoms with Crippen LogP contribution in [0.4, 0.5) is 0 Å². The molecule has 2 unspecified atom stereocenters. The molecule has 0 radical (unpaired) electrons. The highest BCUT2D eigenvalue weighted by Crippen LogP contribution is 2.09. The van der Waals surface area contributed by atoms with E-state index in [1.165, 1.54) is 0 Å². The topological polar surface area (TPSA) is 36.0 Å². The molecule has 0 aromatic carbocycles. The van der Waals surface area contributed by atoms with E-state index in [1.807, 2.05) is 6.92 Å². The van der Waals surface area contributed by atoms with Crippen LogP contribution in [0.1, 0.15) is 13.3 Å². The molecule has 1 rings (SSSR count). The lowest BCUT2D eigenvalue weighted by atomic mass is 10.3. The SMILES string of the molecule is CC(O)CCN(C)CC1CO1. The molecule has 11 heavy (non-hydrogen) atoms. The molecule has 66 valence electrons. The molecule has 0 spiro atoms. The minimum Gasteiger partial charge on any atom is -0.393 e. The Labute approximate surface area is 68.0 Å². The third-order valence-corrected chi connectivity index (χ3v) is 1.85. The van der Waals surface area contributed by atoms with Crippen LogP contribution >= 0.6 is 0 Å². The smallest absolute Gasteiger partial charge is 0.0936 e. The third-order valence-electron chi connectivity index (χ3n) is 1.85. The van der Waals surface area contributed by atoms with E-state index in [2.05, 4.69) is 11.9 Å². The first-order chi connectivity index (χ1) is 5.18. The summed E-state index contributed by atoms with van der Waals surface area (Å²) in [6.07, 6.45) is 1.13. The van der Waals surface area contributed by atoms with Gasteiger partial charge in [0.05, 0.1) is 18.8 Å². The maximum atomic E-state index is 8.99. The summed E-state index contributed by atoms with van der Waals surface area (Å²) in [7, 11) is 2.06. The van der Waals surface area contributed by atoms with Gasteiger partial charge in [-0.05, 0) is 20.4 Å². The lowest BCUT2D eigenvalue weighted by Crippen LogP contribution is -2.26. The zero-order valence-electron chi connectivity index (χ0n) is 7.29. The summed E-state index contributed by atoms with van der Waals surface area (Å²) >= 11 is 0. The molecule has 0 aromatic rings. The number of aliphatic hydroxyl groups excluding tert-OH is 1. The molecule has 1 saturated heterocycles. The average molecular weight is 159 g/mol. The van der Waals surface area contributed by atoms with Crippen LogP contribution < -0.4 is 0 Å². The maximum Gasteiger partial charge on any atom is 0.0936 e. The van der Waals surface area contributed by atoms with Crippen LogP contribution in [-0.4, -0.2) is 49.0 Å². The van der Waals surface area contributed by atoms with E-state index in [4.69, 9.17) is 9.84 Å². The van der Waals surface area contributed by atoms with Gasteiger partial charge in [-0.15, -0.1) is 0 Å². The molecule has 1 fully saturated rings. The lowest BCUT2D eigenvalue weighted by molar-refractivity contribution is 0.161. The number of likely N-dealkylation sites (N-methyl/N-ethyl adjacent to an activating group) is 1. The first-order valence-corrected chi connectivity index (χ1v) is 4.16. The Bertz CT molecular complexity index is 113. The molecule has 3 heteroatoms. The minimum absolute atomic E-state index is 0.183. The first-order valence-electron chi connectivity index (χ1n) is 4.16. The van der Waals surface area contributed by atoms with Crippen molar-refractivity contribution in [2.75, 3.05) is 26.7 Å². The molecular weight excluding hydrogens is 142 g/mol. The molecule has 3 nitrogen and oxygen atoms in total. The monoisotopic (exact) mass is 159 g/mol. The van der Waals surface area contributed by atoms with E-state index in [0.717, 1.165) is 26.1 Å². The van der Waals surface area contributed by atoms with Gasteiger partial charge >= 0.3 is 0 Å². The summed E-state index contributed by atoms with van der Waals surface area (Å²) in [4.78, 5) is 2.20. The highest BCUT2D eigenvalue weighted by molar-refractivity contribution is 4.72. The van der Waals surface area contributed by atoms with Crippen molar-refractivity contribution in [1.82, 2.24) is 4.90 Å². The normalized spacial score (nSPS) is 25.6. The lowest BCUT2D eigenvalue weighted by Gasteiger charge is -2.15. The summed E-state index contributed by atoms with van der Waals surface area (Å²) in [5.74, 6) is 0. The van der Waals surface area contributed by atoms with Crippen molar-refractivity contribution in [3.63, 3.8) is 0 Å². The van der Waals surface area contributed by atoms with Gasteiger partial charge in [-0.1, -0.05) is 0 Å². The zero-order valence-corrected chi connectivity index (χ0v) is 7.29. The van der Waals surface area contributed by atoms with Crippen LogP contribution in [0.3, 0.4) is 0 Å². The molecular formula is C8H17NO2. The van der Waals surface area contributed by atoms with E-state index in [-0.39, 0.29) is 6.10 Å². The highest BCUT2D eigenvalue weighted by Gasteiger charge is 2.23. The number of rotatable bonds is 5. The minimum atomic E-state index is -0.183. The molecule has 0 bridgehead atoms. The van der Waals surface area contributed by atoms with Crippen molar-refractivity contribution < 1.29 is 9.84 Å². The first kappa shape index (κ1) is 8.97. The van der Waals surface area contributed by atoms with Crippen LogP contribution in [0.15, 0.2) is 0 Å². The van der Waals surface area contributed by atoms with Gasteiger partial charge in [0.25, 0.3) is 0 Å². The van der Waals surface area contributed by atoms with Crippen LogP contribution in [0.5, 0.6) is 0 Å². The second kappa shape index (κ2) is 4.04. The Balaban J connectivity index is 1.95. The van der Waals surface area contributed by atoms with Crippen molar-refractivity contribution >= 4 is 0 Å². The van der Waals surface area contributed by atoms with Crippen LogP contribution in [0, 0.1) is 0 Å². The predicted octanol–water partition coefficient (Wildman–Crippen LogP) is 0.0879. The molecule has 1 heterocycles. The number of epoxide rings is 1. The summed E-state index contributed by atoms with van der Waals surface area (Å²) < 4.78 is 5.08. The number of nitrogens with zero attached hydrogens (tertiary/aromatic N) is 1. The van der Waals surface area contributed by atoms with Crippen LogP contribution in [-0.2, 0) is 4.74 Å². The van der Waals surface area contributed by atoms with Gasteiger partial charge in [0.2, 0.25) is 0 Å². The largest absolute Gasteiger partial charge is 0.393 e. The van der Waals surface area contributed by atoms with Crippen LogP contribution in [0.25, 0.3) is 0 Å². The predicted molar refractivity (Wildman–Crippen MR) is 43.5 cm³/mol. The summed E-state index contributed by atoms with van der Waals surface area (Å²) in [6.45, 7) is 4.70. The number of hydrogen-bond donors (Lipinski definition) is 1. The quantitative estimate of drug-likeness (QED) is 0.577. The number of aliphatic hydroxyl groups is 1. The van der Waals surface area contributed by atoms with Gasteiger partial charge in [-0.3, -0.25) is 0 Å². The number of hydrogen-bond acceptors (Lipinski definition) is 3. The Hall–Kier alpha value is -0.120. The Morgan fingerprint density at radius 1 is 1.73 bits per heavy atom. The molecule has 1 N–H and O–H groups in total. The Kier molecular flexibility index (Phi) is 3.30. The molecule has 0 amide bonds. The second-order valence-electron chi connectivity index (χ2n) is 3.36. The molecule has 1 aliphatic heterocycles. The molecule has 0 aliphatic carbocycles. The van der Waals surface area contributed by atoms with Gasteiger partial charge in [0.15, 0.2) is 0 Å². The van der Waals surface area contributed by atoms with Gasteiger partial charge in [0.1, 0.15) is 0 Å². The fraction of sp³-hybridized carbons (Fsp3) is 1.00. The Morgan fingerprint density at radius 3 is 2.82 bits per heavy atom. The summed E-state index contributed by atoms with van der Waals surface area (Å²) in [5.41, 5.74) is 0. The summed E-state index contributed by atoms with van der Waals surface area (Å²) in [5, 5.41) is 8.99. The Morgan fingerprint density at radius 2 is 2.36 bits per heavy atom. The van der Waals surface area contributed by atoms with E-state index in [9.17, 15) is 0 Å². The molecule has 1 aliphatic rings. The third kappa shape index (κ3) is 4.35. The average Bonchev–Trinajstić information content (AvgIpc) is 2.67. The molecule has 0 aromatic heterocycles. The fourth-order valence-electron chi connectivity index (χ4n) is 1.02. The summed E-state index contributed by atoms with van der Waals surface area (Å²) in [6, 6.07) is 0. The van der Waals surface area contributed by atoms with Crippen molar-refractivity contribution in [3.8, 4) is 0 Å². The van der Waals surface area contributed by atoms with Gasteiger partial charge in [-0.2, -0.15) is 0 Å². The van der Waals surface area contributed by atoms with Gasteiger partial charge < -0.3 is 14.7 Å². The maximum absolute atomic E-state index is 8.99. The second-order valence-corrected chi connectivity index (χ2v) is 3.36. The highest BCUT2D eigenvalue weighted by atomic mass is 16.6. The van der Waals surface area contributed by atoms with Crippen molar-refractivity contribution in [3.05, 3.63) is 0 Å². The van der Waals surface area contributed by atoms with Crippen molar-refractivity contribution in [2.45, 2.75) is 25.6 Å². The molecule has 2 atom stereocenters. The zero-order chi connectivity index (χ0) is 8.27. The van der Waals surface area contributed by atoms with E-state index in [1.54, 1.807) is 0 Å². The standard InChI is InChI=1S/C8H17NO2/c1-7(10)3-4-9(2)5-8-6-11-8/h7-8,10H,3-6H2,1-2H3. The number of ether oxygens (including phenoxy) is 1.